The molecule has 2 aliphatic heterocycles. The molecule has 2 bridgehead atoms. The molecule has 5 heteroatoms. The summed E-state index contributed by atoms with van der Waals surface area (Å²) in [6.07, 6.45) is 1.90. The van der Waals surface area contributed by atoms with E-state index >= 15 is 0 Å². The van der Waals surface area contributed by atoms with E-state index in [1.54, 1.807) is 7.11 Å². The fourth-order valence-corrected chi connectivity index (χ4v) is 3.33. The summed E-state index contributed by atoms with van der Waals surface area (Å²) in [4.78, 5) is 24.3. The van der Waals surface area contributed by atoms with E-state index in [-0.39, 0.29) is 11.3 Å². The average Bonchev–Trinajstić information content (AvgIpc) is 2.15. The first-order valence-corrected chi connectivity index (χ1v) is 5.46. The number of piperidine rings is 2. The first kappa shape index (κ1) is 11.4. The highest BCUT2D eigenvalue weighted by Gasteiger charge is 2.65. The van der Waals surface area contributed by atoms with E-state index in [0.29, 0.717) is 26.0 Å². The third-order valence-electron chi connectivity index (χ3n) is 3.95. The van der Waals surface area contributed by atoms with Crippen LogP contribution in [0.5, 0.6) is 0 Å². The van der Waals surface area contributed by atoms with E-state index in [4.69, 9.17) is 4.74 Å². The Kier molecular flexibility index (Phi) is 2.45. The Bertz CT molecular complexity index is 333. The van der Waals surface area contributed by atoms with Crippen molar-refractivity contribution in [3.8, 4) is 0 Å². The van der Waals surface area contributed by atoms with Crippen LogP contribution >= 0.6 is 0 Å². The average molecular weight is 227 g/mol. The lowest BCUT2D eigenvalue weighted by Crippen LogP contribution is -2.73. The summed E-state index contributed by atoms with van der Waals surface area (Å²) < 4.78 is 5.15. The summed E-state index contributed by atoms with van der Waals surface area (Å²) in [7, 11) is 1.63. The van der Waals surface area contributed by atoms with Crippen molar-refractivity contribution in [2.24, 2.45) is 5.41 Å². The molecular formula is C11H17NO4. The number of methoxy groups -OCH3 is 1. The lowest BCUT2D eigenvalue weighted by molar-refractivity contribution is -0.199. The van der Waals surface area contributed by atoms with Crippen molar-refractivity contribution in [2.45, 2.75) is 31.7 Å². The molecule has 3 rings (SSSR count). The van der Waals surface area contributed by atoms with Gasteiger partial charge in [-0.1, -0.05) is 0 Å². The number of carbonyl (C=O) groups excluding carboxylic acids is 1. The maximum atomic E-state index is 11.4. The third-order valence-corrected chi connectivity index (χ3v) is 3.95. The van der Waals surface area contributed by atoms with E-state index < -0.39 is 11.5 Å². The summed E-state index contributed by atoms with van der Waals surface area (Å²) in [5, 5.41) is 9.30. The van der Waals surface area contributed by atoms with Gasteiger partial charge in [-0.15, -0.1) is 0 Å². The predicted octanol–water partition coefficient (Wildman–Crippen LogP) is 0.489. The first-order valence-electron chi connectivity index (χ1n) is 5.46. The fraction of sp³-hybridized carbons (Fsp3) is 0.818. The molecule has 0 aromatic carbocycles. The topological polar surface area (TPSA) is 66.8 Å². The second-order valence-electron chi connectivity index (χ2n) is 5.04. The van der Waals surface area contributed by atoms with Crippen LogP contribution in [0.1, 0.15) is 26.2 Å². The zero-order chi connectivity index (χ0) is 12.0. The van der Waals surface area contributed by atoms with Gasteiger partial charge in [0.05, 0.1) is 6.61 Å². The van der Waals surface area contributed by atoms with Crippen molar-refractivity contribution in [1.29, 1.82) is 0 Å². The maximum absolute atomic E-state index is 11.4. The van der Waals surface area contributed by atoms with Crippen molar-refractivity contribution >= 4 is 11.9 Å². The van der Waals surface area contributed by atoms with Gasteiger partial charge in [-0.2, -0.15) is 0 Å². The smallest absolute Gasteiger partial charge is 0.329 e. The normalized spacial score (nSPS) is 36.8. The van der Waals surface area contributed by atoms with Gasteiger partial charge in [0.1, 0.15) is 5.54 Å². The number of rotatable bonds is 3. The number of carboxylic acids is 1. The van der Waals surface area contributed by atoms with Crippen molar-refractivity contribution in [3.05, 3.63) is 0 Å². The van der Waals surface area contributed by atoms with Crippen LogP contribution in [0.15, 0.2) is 0 Å². The van der Waals surface area contributed by atoms with E-state index in [1.165, 1.54) is 11.8 Å². The summed E-state index contributed by atoms with van der Waals surface area (Å²) in [6.45, 7) is 2.56. The van der Waals surface area contributed by atoms with Gasteiger partial charge in [-0.25, -0.2) is 4.79 Å². The Labute approximate surface area is 94.4 Å². The first-order chi connectivity index (χ1) is 7.46. The Balaban J connectivity index is 2.21. The molecule has 0 aromatic heterocycles. The second-order valence-corrected chi connectivity index (χ2v) is 5.04. The van der Waals surface area contributed by atoms with Crippen molar-refractivity contribution < 1.29 is 19.4 Å². The highest BCUT2D eigenvalue weighted by molar-refractivity contribution is 5.88. The highest BCUT2D eigenvalue weighted by Crippen LogP contribution is 2.58. The number of carbonyl (C=O) groups is 2. The number of aliphatic carboxylic acids is 1. The van der Waals surface area contributed by atoms with Crippen LogP contribution < -0.4 is 0 Å². The summed E-state index contributed by atoms with van der Waals surface area (Å²) in [5.74, 6) is -1.03. The number of hydrogen-bond acceptors (Lipinski definition) is 3. The Morgan fingerprint density at radius 1 is 1.44 bits per heavy atom. The van der Waals surface area contributed by atoms with Crippen LogP contribution in [0.3, 0.4) is 0 Å². The highest BCUT2D eigenvalue weighted by atomic mass is 16.5. The van der Waals surface area contributed by atoms with Crippen molar-refractivity contribution in [2.75, 3.05) is 20.3 Å². The number of hydrogen-bond donors (Lipinski definition) is 1. The number of ether oxygens (including phenoxy) is 1. The fourth-order valence-electron chi connectivity index (χ4n) is 3.33. The summed E-state index contributed by atoms with van der Waals surface area (Å²) >= 11 is 0. The minimum absolute atomic E-state index is 0.0148. The summed E-state index contributed by atoms with van der Waals surface area (Å²) in [6, 6.07) is 0. The molecule has 2 saturated heterocycles. The molecule has 1 saturated carbocycles. The molecule has 3 fully saturated rings. The quantitative estimate of drug-likeness (QED) is 0.762. The van der Waals surface area contributed by atoms with Gasteiger partial charge in [0.15, 0.2) is 0 Å². The molecule has 1 aliphatic carbocycles. The van der Waals surface area contributed by atoms with E-state index in [9.17, 15) is 14.7 Å². The zero-order valence-corrected chi connectivity index (χ0v) is 9.65. The van der Waals surface area contributed by atoms with Crippen molar-refractivity contribution in [1.82, 2.24) is 4.90 Å². The standard InChI is InChI=1S/C11H17NO4/c1-8(13)12-4-3-10(7-16-2)5-11(12,6-10)9(14)15/h3-7H2,1-2H3,(H,14,15). The lowest BCUT2D eigenvalue weighted by Gasteiger charge is -2.62. The van der Waals surface area contributed by atoms with Gasteiger partial charge in [0.25, 0.3) is 0 Å². The molecule has 2 heterocycles. The molecule has 0 atom stereocenters. The second kappa shape index (κ2) is 3.45. The predicted molar refractivity (Wildman–Crippen MR) is 55.9 cm³/mol. The Morgan fingerprint density at radius 3 is 2.50 bits per heavy atom. The van der Waals surface area contributed by atoms with E-state index in [1.807, 2.05) is 0 Å². The molecule has 1 amide bonds. The maximum Gasteiger partial charge on any atom is 0.329 e. The van der Waals surface area contributed by atoms with Gasteiger partial charge in [0.2, 0.25) is 5.91 Å². The molecule has 0 radical (unpaired) electrons. The monoisotopic (exact) mass is 227 g/mol. The number of nitrogens with zero attached hydrogens (tertiary/aromatic N) is 1. The van der Waals surface area contributed by atoms with E-state index in [2.05, 4.69) is 0 Å². The Hall–Kier alpha value is -1.10. The molecule has 0 spiro atoms. The van der Waals surface area contributed by atoms with E-state index in [0.717, 1.165) is 6.42 Å². The van der Waals surface area contributed by atoms with Gasteiger partial charge < -0.3 is 14.7 Å². The lowest BCUT2D eigenvalue weighted by atomic mass is 9.52. The molecule has 1 N–H and O–H groups in total. The molecule has 90 valence electrons. The number of carboxylic acid groups (broad SMARTS) is 1. The molecule has 5 nitrogen and oxygen atoms in total. The largest absolute Gasteiger partial charge is 0.479 e. The van der Waals surface area contributed by atoms with Crippen LogP contribution in [0, 0.1) is 5.41 Å². The van der Waals surface area contributed by atoms with Crippen LogP contribution in [-0.4, -0.2) is 47.7 Å². The van der Waals surface area contributed by atoms with Crippen molar-refractivity contribution in [3.63, 3.8) is 0 Å². The van der Waals surface area contributed by atoms with Gasteiger partial charge >= 0.3 is 5.97 Å². The van der Waals surface area contributed by atoms with Gasteiger partial charge in [-0.3, -0.25) is 4.79 Å². The third kappa shape index (κ3) is 1.34. The molecule has 0 aromatic rings. The van der Waals surface area contributed by atoms with Crippen LogP contribution in [-0.2, 0) is 14.3 Å². The molecule has 3 aliphatic rings. The molecule has 16 heavy (non-hydrogen) atoms. The zero-order valence-electron chi connectivity index (χ0n) is 9.65. The molecule has 0 unspecified atom stereocenters. The van der Waals surface area contributed by atoms with Crippen LogP contribution in [0.2, 0.25) is 0 Å². The van der Waals surface area contributed by atoms with Crippen LogP contribution in [0.4, 0.5) is 0 Å². The molecular weight excluding hydrogens is 210 g/mol. The number of fused-ring (bicyclic) bond motifs is 2. The minimum atomic E-state index is -0.956. The van der Waals surface area contributed by atoms with Gasteiger partial charge in [-0.05, 0) is 19.3 Å². The van der Waals surface area contributed by atoms with Gasteiger partial charge in [0, 0.05) is 26.0 Å². The minimum Gasteiger partial charge on any atom is -0.479 e. The Morgan fingerprint density at radius 2 is 2.06 bits per heavy atom. The number of amides is 1. The van der Waals surface area contributed by atoms with Crippen LogP contribution in [0.25, 0.3) is 0 Å². The summed E-state index contributed by atoms with van der Waals surface area (Å²) in [5.41, 5.74) is -0.971. The SMILES string of the molecule is COCC12CCN(C(C)=O)C(C(=O)O)(C1)C2.